The maximum absolute atomic E-state index is 11.9. The van der Waals surface area contributed by atoms with Crippen LogP contribution in [0.15, 0.2) is 0 Å². The summed E-state index contributed by atoms with van der Waals surface area (Å²) in [4.78, 5) is 47.1. The van der Waals surface area contributed by atoms with Crippen LogP contribution in [-0.2, 0) is 47.6 Å². The molecule has 0 aromatic heterocycles. The van der Waals surface area contributed by atoms with Gasteiger partial charge in [-0.3, -0.25) is 19.2 Å². The average Bonchev–Trinajstić information content (AvgIpc) is 2.91. The molecule has 1 aliphatic heterocycles. The van der Waals surface area contributed by atoms with Crippen molar-refractivity contribution in [2.24, 2.45) is 0 Å². The molecule has 10 nitrogen and oxygen atoms in total. The molecule has 1 aliphatic rings. The van der Waals surface area contributed by atoms with Crippen molar-refractivity contribution in [2.45, 2.75) is 168 Å². The summed E-state index contributed by atoms with van der Waals surface area (Å²) in [5, 5.41) is 0. The van der Waals surface area contributed by atoms with Crippen LogP contribution < -0.4 is 0 Å². The quantitative estimate of drug-likeness (QED) is 0.0744. The highest BCUT2D eigenvalue weighted by molar-refractivity contribution is 5.68. The second kappa shape index (κ2) is 23.3. The number of hydrogen-bond donors (Lipinski definition) is 0. The molecule has 0 bridgehead atoms. The van der Waals surface area contributed by atoms with Gasteiger partial charge in [0.2, 0.25) is 0 Å². The Morgan fingerprint density at radius 1 is 0.524 bits per heavy atom. The molecule has 1 saturated heterocycles. The summed E-state index contributed by atoms with van der Waals surface area (Å²) >= 11 is 0. The molecule has 0 saturated carbocycles. The van der Waals surface area contributed by atoms with Gasteiger partial charge >= 0.3 is 23.9 Å². The molecule has 0 spiro atoms. The summed E-state index contributed by atoms with van der Waals surface area (Å²) in [5.74, 6) is -2.53. The third-order valence-electron chi connectivity index (χ3n) is 7.23. The maximum atomic E-state index is 11.9. The number of ether oxygens (including phenoxy) is 6. The van der Waals surface area contributed by atoms with E-state index in [9.17, 15) is 19.2 Å². The van der Waals surface area contributed by atoms with Crippen LogP contribution in [0.2, 0.25) is 0 Å². The Morgan fingerprint density at radius 2 is 0.929 bits per heavy atom. The normalized spacial score (nSPS) is 21.9. The minimum Gasteiger partial charge on any atom is -0.463 e. The monoisotopic (exact) mass is 600 g/mol. The van der Waals surface area contributed by atoms with E-state index in [0.29, 0.717) is 6.61 Å². The van der Waals surface area contributed by atoms with E-state index in [0.717, 1.165) is 19.3 Å². The van der Waals surface area contributed by atoms with Gasteiger partial charge in [0.25, 0.3) is 0 Å². The average molecular weight is 601 g/mol. The van der Waals surface area contributed by atoms with Crippen molar-refractivity contribution in [1.29, 1.82) is 0 Å². The van der Waals surface area contributed by atoms with Crippen molar-refractivity contribution in [3.05, 3.63) is 0 Å². The fourth-order valence-electron chi connectivity index (χ4n) is 5.17. The molecule has 10 heteroatoms. The molecule has 0 unspecified atom stereocenters. The standard InChI is InChI=1S/C32H56O10/c1-6-7-8-9-10-11-12-13-14-15-16-17-18-19-20-21-22-37-32-31(41-27(5)36)30(40-26(4)35)29(39-25(3)34)28(42-32)23-38-24(2)33/h28-32H,6-23H2,1-5H3/t28-,29-,30+,31-,32-/m1/s1. The van der Waals surface area contributed by atoms with Gasteiger partial charge in [-0.05, 0) is 6.42 Å². The van der Waals surface area contributed by atoms with Crippen LogP contribution in [0.5, 0.6) is 0 Å². The molecule has 1 fully saturated rings. The minimum absolute atomic E-state index is 0.267. The van der Waals surface area contributed by atoms with Gasteiger partial charge in [-0.2, -0.15) is 0 Å². The summed E-state index contributed by atoms with van der Waals surface area (Å²) in [6.45, 7) is 7.14. The lowest BCUT2D eigenvalue weighted by molar-refractivity contribution is -0.308. The highest BCUT2D eigenvalue weighted by atomic mass is 16.7. The van der Waals surface area contributed by atoms with E-state index in [-0.39, 0.29) is 6.61 Å². The molecule has 244 valence electrons. The third kappa shape index (κ3) is 17.7. The lowest BCUT2D eigenvalue weighted by Crippen LogP contribution is -2.63. The molecule has 5 atom stereocenters. The van der Waals surface area contributed by atoms with Crippen LogP contribution >= 0.6 is 0 Å². The molecule has 1 rings (SSSR count). The molecule has 0 aromatic carbocycles. The Bertz CT molecular complexity index is 770. The number of rotatable bonds is 23. The van der Waals surface area contributed by atoms with E-state index >= 15 is 0 Å². The Balaban J connectivity index is 2.46. The van der Waals surface area contributed by atoms with Gasteiger partial charge in [-0.15, -0.1) is 0 Å². The summed E-state index contributed by atoms with van der Waals surface area (Å²) in [6, 6.07) is 0. The molecule has 0 N–H and O–H groups in total. The first kappa shape index (κ1) is 37.8. The van der Waals surface area contributed by atoms with Crippen LogP contribution in [0.3, 0.4) is 0 Å². The number of unbranched alkanes of at least 4 members (excludes halogenated alkanes) is 15. The summed E-state index contributed by atoms with van der Waals surface area (Å²) in [5.41, 5.74) is 0. The minimum atomic E-state index is -1.21. The van der Waals surface area contributed by atoms with Crippen molar-refractivity contribution < 1.29 is 47.6 Å². The van der Waals surface area contributed by atoms with Gasteiger partial charge in [0.05, 0.1) is 0 Å². The summed E-state index contributed by atoms with van der Waals surface area (Å²) in [7, 11) is 0. The Kier molecular flexibility index (Phi) is 21.0. The zero-order valence-electron chi connectivity index (χ0n) is 26.7. The van der Waals surface area contributed by atoms with Crippen molar-refractivity contribution in [1.82, 2.24) is 0 Å². The largest absolute Gasteiger partial charge is 0.463 e. The Hall–Kier alpha value is -2.20. The van der Waals surface area contributed by atoms with Crippen molar-refractivity contribution in [2.75, 3.05) is 13.2 Å². The van der Waals surface area contributed by atoms with E-state index in [1.807, 2.05) is 0 Å². The third-order valence-corrected chi connectivity index (χ3v) is 7.23. The van der Waals surface area contributed by atoms with Gasteiger partial charge in [0, 0.05) is 34.3 Å². The molecule has 42 heavy (non-hydrogen) atoms. The molecule has 0 aromatic rings. The lowest BCUT2D eigenvalue weighted by atomic mass is 9.98. The van der Waals surface area contributed by atoms with E-state index in [2.05, 4.69) is 6.92 Å². The fraction of sp³-hybridized carbons (Fsp3) is 0.875. The lowest BCUT2D eigenvalue weighted by Gasteiger charge is -2.44. The summed E-state index contributed by atoms with van der Waals surface area (Å²) in [6.07, 6.45) is 14.4. The number of hydrogen-bond acceptors (Lipinski definition) is 10. The number of carbonyl (C=O) groups is 4. The van der Waals surface area contributed by atoms with Crippen LogP contribution in [0.1, 0.15) is 137 Å². The van der Waals surface area contributed by atoms with Crippen LogP contribution in [0.4, 0.5) is 0 Å². The zero-order chi connectivity index (χ0) is 31.2. The number of carbonyl (C=O) groups excluding carboxylic acids is 4. The Labute approximate surface area is 252 Å². The van der Waals surface area contributed by atoms with Crippen molar-refractivity contribution in [3.8, 4) is 0 Å². The van der Waals surface area contributed by atoms with Crippen molar-refractivity contribution >= 4 is 23.9 Å². The molecule has 0 radical (unpaired) electrons. The van der Waals surface area contributed by atoms with Crippen LogP contribution in [0, 0.1) is 0 Å². The number of esters is 4. The van der Waals surface area contributed by atoms with Gasteiger partial charge in [0.1, 0.15) is 12.7 Å². The van der Waals surface area contributed by atoms with Gasteiger partial charge in [-0.1, -0.05) is 103 Å². The molecule has 0 aliphatic carbocycles. The first-order valence-corrected chi connectivity index (χ1v) is 16.1. The molecular formula is C32H56O10. The first-order valence-electron chi connectivity index (χ1n) is 16.1. The molecule has 0 amide bonds. The maximum Gasteiger partial charge on any atom is 0.303 e. The second-order valence-electron chi connectivity index (χ2n) is 11.2. The topological polar surface area (TPSA) is 124 Å². The van der Waals surface area contributed by atoms with Crippen molar-refractivity contribution in [3.63, 3.8) is 0 Å². The highest BCUT2D eigenvalue weighted by Gasteiger charge is 2.52. The fourth-order valence-corrected chi connectivity index (χ4v) is 5.17. The Morgan fingerprint density at radius 3 is 1.36 bits per heavy atom. The SMILES string of the molecule is CCCCCCCCCCCCCCCCCCO[C@@H]1O[C@H](COC(C)=O)[C@@H](OC(C)=O)[C@H](OC(C)=O)[C@H]1OC(C)=O. The predicted molar refractivity (Wildman–Crippen MR) is 157 cm³/mol. The van der Waals surface area contributed by atoms with Crippen LogP contribution in [0.25, 0.3) is 0 Å². The van der Waals surface area contributed by atoms with E-state index in [4.69, 9.17) is 28.4 Å². The zero-order valence-corrected chi connectivity index (χ0v) is 26.7. The molecular weight excluding hydrogens is 544 g/mol. The van der Waals surface area contributed by atoms with Gasteiger partial charge in [0.15, 0.2) is 24.6 Å². The summed E-state index contributed by atoms with van der Waals surface area (Å²) < 4.78 is 33.2. The first-order chi connectivity index (χ1) is 20.1. The smallest absolute Gasteiger partial charge is 0.303 e. The predicted octanol–water partition coefficient (Wildman–Crippen LogP) is 6.35. The van der Waals surface area contributed by atoms with E-state index in [1.165, 1.54) is 111 Å². The van der Waals surface area contributed by atoms with Gasteiger partial charge < -0.3 is 28.4 Å². The molecule has 1 heterocycles. The highest BCUT2D eigenvalue weighted by Crippen LogP contribution is 2.30. The van der Waals surface area contributed by atoms with Gasteiger partial charge in [-0.25, -0.2) is 0 Å². The van der Waals surface area contributed by atoms with E-state index in [1.54, 1.807) is 0 Å². The second-order valence-corrected chi connectivity index (χ2v) is 11.2. The van der Waals surface area contributed by atoms with E-state index < -0.39 is 54.6 Å². The van der Waals surface area contributed by atoms with Crippen LogP contribution in [-0.4, -0.2) is 67.8 Å².